The van der Waals surface area contributed by atoms with Crippen LogP contribution < -0.4 is 5.32 Å². The molecule has 0 amide bonds. The quantitative estimate of drug-likeness (QED) is 0.757. The summed E-state index contributed by atoms with van der Waals surface area (Å²) in [7, 11) is 0. The number of nitrogens with one attached hydrogen (secondary N) is 1. The molecule has 74 valence electrons. The lowest BCUT2D eigenvalue weighted by Crippen LogP contribution is -2.00. The number of halogens is 1. The molecule has 1 aliphatic heterocycles. The zero-order valence-electron chi connectivity index (χ0n) is 8.09. The number of hydrogen-bond acceptors (Lipinski definition) is 1. The first-order valence-corrected chi connectivity index (χ1v) is 5.36. The molecule has 14 heavy (non-hydrogen) atoms. The van der Waals surface area contributed by atoms with Crippen LogP contribution >= 0.6 is 0 Å². The van der Waals surface area contributed by atoms with Crippen LogP contribution in [-0.2, 0) is 6.42 Å². The lowest BCUT2D eigenvalue weighted by molar-refractivity contribution is 0.306. The van der Waals surface area contributed by atoms with Crippen LogP contribution in [0.3, 0.4) is 0 Å². The summed E-state index contributed by atoms with van der Waals surface area (Å²) in [5.74, 6) is 0.295. The molecule has 3 rings (SSSR count). The Morgan fingerprint density at radius 3 is 3.00 bits per heavy atom. The van der Waals surface area contributed by atoms with Crippen LogP contribution in [-0.4, -0.2) is 6.54 Å². The van der Waals surface area contributed by atoms with E-state index >= 15 is 0 Å². The van der Waals surface area contributed by atoms with Crippen LogP contribution in [0.25, 0.3) is 0 Å². The molecule has 0 spiro atoms. The maximum atomic E-state index is 13.9. The Labute approximate surface area is 83.3 Å². The number of rotatable bonds is 2. The summed E-state index contributed by atoms with van der Waals surface area (Å²) < 4.78 is 13.9. The molecule has 2 aliphatic rings. The summed E-state index contributed by atoms with van der Waals surface area (Å²) in [5, 5.41) is 3.29. The zero-order valence-corrected chi connectivity index (χ0v) is 8.09. The van der Waals surface area contributed by atoms with Gasteiger partial charge in [-0.05, 0) is 30.7 Å². The average Bonchev–Trinajstić information content (AvgIpc) is 2.94. The van der Waals surface area contributed by atoms with Gasteiger partial charge in [-0.1, -0.05) is 18.2 Å². The van der Waals surface area contributed by atoms with Crippen LogP contribution in [0, 0.1) is 5.92 Å². The summed E-state index contributed by atoms with van der Waals surface area (Å²) in [6, 6.07) is 6.01. The van der Waals surface area contributed by atoms with Crippen molar-refractivity contribution < 1.29 is 4.39 Å². The van der Waals surface area contributed by atoms with Crippen LogP contribution in [0.1, 0.15) is 30.1 Å². The SMILES string of the molecule is FC(c1cccc2c1NCC2)C1CC1. The molecule has 0 aromatic heterocycles. The van der Waals surface area contributed by atoms with Crippen molar-refractivity contribution in [2.45, 2.75) is 25.4 Å². The minimum Gasteiger partial charge on any atom is -0.384 e. The first-order valence-electron chi connectivity index (χ1n) is 5.36. The molecule has 1 aromatic rings. The molecule has 1 nitrogen and oxygen atoms in total. The normalized spacial score (nSPS) is 21.5. The molecule has 1 aliphatic carbocycles. The van der Waals surface area contributed by atoms with Crippen molar-refractivity contribution in [2.75, 3.05) is 11.9 Å². The first kappa shape index (κ1) is 8.27. The average molecular weight is 191 g/mol. The molecular weight excluding hydrogens is 177 g/mol. The summed E-state index contributed by atoms with van der Waals surface area (Å²) in [4.78, 5) is 0. The van der Waals surface area contributed by atoms with E-state index in [4.69, 9.17) is 0 Å². The van der Waals surface area contributed by atoms with E-state index in [1.54, 1.807) is 0 Å². The largest absolute Gasteiger partial charge is 0.384 e. The van der Waals surface area contributed by atoms with Gasteiger partial charge < -0.3 is 5.32 Å². The highest BCUT2D eigenvalue weighted by molar-refractivity contribution is 5.62. The van der Waals surface area contributed by atoms with Gasteiger partial charge >= 0.3 is 0 Å². The first-order chi connectivity index (χ1) is 6.86. The number of benzene rings is 1. The standard InChI is InChI=1S/C12H14FN/c13-11(8-4-5-8)10-3-1-2-9-6-7-14-12(9)10/h1-3,8,11,14H,4-7H2. The van der Waals surface area contributed by atoms with Gasteiger partial charge in [-0.25, -0.2) is 4.39 Å². The Balaban J connectivity index is 2.00. The minimum atomic E-state index is -0.740. The van der Waals surface area contributed by atoms with Crippen molar-refractivity contribution in [3.05, 3.63) is 29.3 Å². The molecule has 1 heterocycles. The van der Waals surface area contributed by atoms with Crippen molar-refractivity contribution in [3.63, 3.8) is 0 Å². The molecule has 0 saturated heterocycles. The van der Waals surface area contributed by atoms with Gasteiger partial charge in [-0.3, -0.25) is 0 Å². The molecule has 0 bridgehead atoms. The molecule has 1 atom stereocenters. The third-order valence-corrected chi connectivity index (χ3v) is 3.21. The highest BCUT2D eigenvalue weighted by Gasteiger charge is 2.34. The van der Waals surface area contributed by atoms with Gasteiger partial charge in [0.15, 0.2) is 0 Å². The number of para-hydroxylation sites is 1. The van der Waals surface area contributed by atoms with Gasteiger partial charge in [0, 0.05) is 17.8 Å². The maximum Gasteiger partial charge on any atom is 0.130 e. The van der Waals surface area contributed by atoms with Crippen molar-refractivity contribution in [1.29, 1.82) is 0 Å². The van der Waals surface area contributed by atoms with Gasteiger partial charge in [0.1, 0.15) is 6.17 Å². The lowest BCUT2D eigenvalue weighted by atomic mass is 10.0. The van der Waals surface area contributed by atoms with Crippen molar-refractivity contribution in [2.24, 2.45) is 5.92 Å². The topological polar surface area (TPSA) is 12.0 Å². The summed E-state index contributed by atoms with van der Waals surface area (Å²) >= 11 is 0. The van der Waals surface area contributed by atoms with Crippen molar-refractivity contribution in [1.82, 2.24) is 0 Å². The fourth-order valence-electron chi connectivity index (χ4n) is 2.24. The fraction of sp³-hybridized carbons (Fsp3) is 0.500. The summed E-state index contributed by atoms with van der Waals surface area (Å²) in [6.45, 7) is 0.962. The van der Waals surface area contributed by atoms with Crippen LogP contribution in [0.15, 0.2) is 18.2 Å². The van der Waals surface area contributed by atoms with E-state index in [0.717, 1.165) is 37.1 Å². The molecular formula is C12H14FN. The van der Waals surface area contributed by atoms with E-state index in [1.807, 2.05) is 12.1 Å². The van der Waals surface area contributed by atoms with E-state index < -0.39 is 6.17 Å². The Morgan fingerprint density at radius 2 is 2.21 bits per heavy atom. The van der Waals surface area contributed by atoms with Gasteiger partial charge in [-0.2, -0.15) is 0 Å². The molecule has 1 unspecified atom stereocenters. The predicted molar refractivity (Wildman–Crippen MR) is 55.2 cm³/mol. The smallest absolute Gasteiger partial charge is 0.130 e. The second-order valence-corrected chi connectivity index (χ2v) is 4.30. The van der Waals surface area contributed by atoms with E-state index in [9.17, 15) is 4.39 Å². The van der Waals surface area contributed by atoms with Gasteiger partial charge in [0.2, 0.25) is 0 Å². The van der Waals surface area contributed by atoms with Crippen molar-refractivity contribution in [3.8, 4) is 0 Å². The van der Waals surface area contributed by atoms with Crippen LogP contribution in [0.4, 0.5) is 10.1 Å². The van der Waals surface area contributed by atoms with E-state index in [0.29, 0.717) is 5.92 Å². The van der Waals surface area contributed by atoms with Crippen molar-refractivity contribution >= 4 is 5.69 Å². The minimum absolute atomic E-state index is 0.295. The molecule has 1 fully saturated rings. The molecule has 1 N–H and O–H groups in total. The van der Waals surface area contributed by atoms with E-state index in [-0.39, 0.29) is 0 Å². The maximum absolute atomic E-state index is 13.9. The molecule has 1 saturated carbocycles. The second kappa shape index (κ2) is 2.97. The second-order valence-electron chi connectivity index (χ2n) is 4.30. The Kier molecular flexibility index (Phi) is 1.76. The number of fused-ring (bicyclic) bond motifs is 1. The molecule has 0 radical (unpaired) electrons. The van der Waals surface area contributed by atoms with Gasteiger partial charge in [-0.15, -0.1) is 0 Å². The monoisotopic (exact) mass is 191 g/mol. The molecule has 1 aromatic carbocycles. The number of hydrogen-bond donors (Lipinski definition) is 1. The highest BCUT2D eigenvalue weighted by atomic mass is 19.1. The zero-order chi connectivity index (χ0) is 9.54. The number of alkyl halides is 1. The lowest BCUT2D eigenvalue weighted by Gasteiger charge is -2.12. The highest BCUT2D eigenvalue weighted by Crippen LogP contribution is 2.46. The fourth-order valence-corrected chi connectivity index (χ4v) is 2.24. The van der Waals surface area contributed by atoms with Gasteiger partial charge in [0.05, 0.1) is 0 Å². The molecule has 2 heteroatoms. The Hall–Kier alpha value is -1.05. The Bertz CT molecular complexity index is 357. The Morgan fingerprint density at radius 1 is 1.36 bits per heavy atom. The van der Waals surface area contributed by atoms with E-state index in [2.05, 4.69) is 11.4 Å². The van der Waals surface area contributed by atoms with Crippen LogP contribution in [0.2, 0.25) is 0 Å². The summed E-state index contributed by atoms with van der Waals surface area (Å²) in [6.07, 6.45) is 2.42. The summed E-state index contributed by atoms with van der Waals surface area (Å²) in [5.41, 5.74) is 3.25. The predicted octanol–water partition coefficient (Wildman–Crippen LogP) is 3.08. The van der Waals surface area contributed by atoms with Gasteiger partial charge in [0.25, 0.3) is 0 Å². The van der Waals surface area contributed by atoms with E-state index in [1.165, 1.54) is 5.56 Å². The third kappa shape index (κ3) is 1.21. The number of anilines is 1. The van der Waals surface area contributed by atoms with Crippen LogP contribution in [0.5, 0.6) is 0 Å². The third-order valence-electron chi connectivity index (χ3n) is 3.21.